The van der Waals surface area contributed by atoms with Crippen LogP contribution in [-0.2, 0) is 6.54 Å². The van der Waals surface area contributed by atoms with Crippen LogP contribution >= 0.6 is 0 Å². The van der Waals surface area contributed by atoms with E-state index in [0.29, 0.717) is 17.9 Å². The Morgan fingerprint density at radius 1 is 1.24 bits per heavy atom. The van der Waals surface area contributed by atoms with Crippen LogP contribution in [0.1, 0.15) is 15.9 Å². The van der Waals surface area contributed by atoms with Gasteiger partial charge in [0.25, 0.3) is 5.91 Å². The predicted molar refractivity (Wildman–Crippen MR) is 76.9 cm³/mol. The van der Waals surface area contributed by atoms with Crippen LogP contribution in [0.5, 0.6) is 11.5 Å². The van der Waals surface area contributed by atoms with Crippen LogP contribution in [0.15, 0.2) is 42.5 Å². The molecular weight excluding hydrogens is 273 g/mol. The van der Waals surface area contributed by atoms with Crippen molar-refractivity contribution in [2.75, 3.05) is 14.2 Å². The Labute approximate surface area is 122 Å². The van der Waals surface area contributed by atoms with E-state index in [-0.39, 0.29) is 17.5 Å². The summed E-state index contributed by atoms with van der Waals surface area (Å²) in [7, 11) is 3.12. The summed E-state index contributed by atoms with van der Waals surface area (Å²) in [4.78, 5) is 13.7. The molecule has 0 unspecified atom stereocenters. The summed E-state index contributed by atoms with van der Waals surface area (Å²) < 4.78 is 17.9. The quantitative estimate of drug-likeness (QED) is 0.941. The number of rotatable bonds is 4. The van der Waals surface area contributed by atoms with E-state index < -0.39 is 0 Å². The van der Waals surface area contributed by atoms with Gasteiger partial charge in [-0.25, -0.2) is 4.39 Å². The Morgan fingerprint density at radius 3 is 2.52 bits per heavy atom. The molecule has 0 spiro atoms. The minimum absolute atomic E-state index is 0.0498. The number of hydrogen-bond acceptors (Lipinski definition) is 3. The second kappa shape index (κ2) is 6.26. The molecule has 0 fully saturated rings. The third-order valence-corrected chi connectivity index (χ3v) is 3.10. The fourth-order valence-electron chi connectivity index (χ4n) is 1.98. The van der Waals surface area contributed by atoms with Gasteiger partial charge in [-0.15, -0.1) is 0 Å². The van der Waals surface area contributed by atoms with Crippen molar-refractivity contribution in [2.45, 2.75) is 6.54 Å². The number of methoxy groups -OCH3 is 1. The maximum absolute atomic E-state index is 12.9. The molecule has 5 heteroatoms. The van der Waals surface area contributed by atoms with Crippen LogP contribution in [-0.4, -0.2) is 30.1 Å². The number of ether oxygens (including phenoxy) is 1. The second-order valence-corrected chi connectivity index (χ2v) is 4.67. The van der Waals surface area contributed by atoms with Crippen LogP contribution in [0.3, 0.4) is 0 Å². The SMILES string of the molecule is COc1cc(CN(C)C(=O)c2ccc(F)cc2)ccc1O. The zero-order valence-electron chi connectivity index (χ0n) is 11.8. The van der Waals surface area contributed by atoms with Gasteiger partial charge in [0.1, 0.15) is 5.82 Å². The number of carbonyl (C=O) groups excluding carboxylic acids is 1. The molecule has 0 saturated carbocycles. The first-order chi connectivity index (χ1) is 10.0. The molecule has 2 aromatic carbocycles. The lowest BCUT2D eigenvalue weighted by molar-refractivity contribution is 0.0785. The minimum atomic E-state index is -0.377. The van der Waals surface area contributed by atoms with E-state index in [1.165, 1.54) is 42.3 Å². The van der Waals surface area contributed by atoms with Crippen molar-refractivity contribution in [3.05, 3.63) is 59.4 Å². The van der Waals surface area contributed by atoms with Gasteiger partial charge in [-0.1, -0.05) is 6.07 Å². The summed E-state index contributed by atoms with van der Waals surface area (Å²) >= 11 is 0. The van der Waals surface area contributed by atoms with Crippen molar-refractivity contribution in [3.63, 3.8) is 0 Å². The van der Waals surface area contributed by atoms with E-state index in [4.69, 9.17) is 4.74 Å². The summed E-state index contributed by atoms with van der Waals surface area (Å²) in [5.74, 6) is -0.177. The molecule has 0 radical (unpaired) electrons. The van der Waals surface area contributed by atoms with Gasteiger partial charge in [0, 0.05) is 19.2 Å². The Kier molecular flexibility index (Phi) is 4.42. The average molecular weight is 289 g/mol. The molecule has 1 amide bonds. The molecule has 0 bridgehead atoms. The van der Waals surface area contributed by atoms with Crippen molar-refractivity contribution >= 4 is 5.91 Å². The maximum Gasteiger partial charge on any atom is 0.253 e. The van der Waals surface area contributed by atoms with E-state index in [1.807, 2.05) is 0 Å². The summed E-state index contributed by atoms with van der Waals surface area (Å²) in [5.41, 5.74) is 1.24. The standard InChI is InChI=1S/C16H16FNO3/c1-18(16(20)12-4-6-13(17)7-5-12)10-11-3-8-14(19)15(9-11)21-2/h3-9,19H,10H2,1-2H3. The van der Waals surface area contributed by atoms with Crippen LogP contribution in [0, 0.1) is 5.82 Å². The number of halogens is 1. The van der Waals surface area contributed by atoms with E-state index in [9.17, 15) is 14.3 Å². The van der Waals surface area contributed by atoms with Gasteiger partial charge in [-0.2, -0.15) is 0 Å². The topological polar surface area (TPSA) is 49.8 Å². The summed E-state index contributed by atoms with van der Waals surface area (Å²) in [5, 5.41) is 9.54. The zero-order valence-corrected chi connectivity index (χ0v) is 11.8. The van der Waals surface area contributed by atoms with Crippen molar-refractivity contribution in [1.82, 2.24) is 4.90 Å². The minimum Gasteiger partial charge on any atom is -0.504 e. The zero-order chi connectivity index (χ0) is 15.4. The van der Waals surface area contributed by atoms with Crippen molar-refractivity contribution in [3.8, 4) is 11.5 Å². The highest BCUT2D eigenvalue weighted by atomic mass is 19.1. The van der Waals surface area contributed by atoms with Gasteiger partial charge in [0.15, 0.2) is 11.5 Å². The molecule has 0 aliphatic rings. The van der Waals surface area contributed by atoms with Crippen LogP contribution in [0.4, 0.5) is 4.39 Å². The molecule has 4 nitrogen and oxygen atoms in total. The van der Waals surface area contributed by atoms with Gasteiger partial charge >= 0.3 is 0 Å². The van der Waals surface area contributed by atoms with Gasteiger partial charge in [-0.05, 0) is 42.0 Å². The number of amides is 1. The molecule has 0 saturated heterocycles. The Balaban J connectivity index is 2.12. The Bertz CT molecular complexity index is 640. The van der Waals surface area contributed by atoms with Crippen LogP contribution in [0.25, 0.3) is 0 Å². The lowest BCUT2D eigenvalue weighted by Crippen LogP contribution is -2.26. The third-order valence-electron chi connectivity index (χ3n) is 3.10. The van der Waals surface area contributed by atoms with Crippen LogP contribution in [0.2, 0.25) is 0 Å². The van der Waals surface area contributed by atoms with Crippen molar-refractivity contribution in [2.24, 2.45) is 0 Å². The number of phenols is 1. The van der Waals surface area contributed by atoms with Crippen molar-refractivity contribution < 1.29 is 19.0 Å². The number of benzene rings is 2. The molecule has 0 heterocycles. The summed E-state index contributed by atoms with van der Waals surface area (Å²) in [6.45, 7) is 0.354. The van der Waals surface area contributed by atoms with Crippen LogP contribution < -0.4 is 4.74 Å². The number of phenolic OH excluding ortho intramolecular Hbond substituents is 1. The highest BCUT2D eigenvalue weighted by molar-refractivity contribution is 5.93. The van der Waals surface area contributed by atoms with Crippen molar-refractivity contribution in [1.29, 1.82) is 0 Å². The van der Waals surface area contributed by atoms with E-state index in [1.54, 1.807) is 19.2 Å². The number of hydrogen-bond donors (Lipinski definition) is 1. The molecule has 0 aliphatic carbocycles. The smallest absolute Gasteiger partial charge is 0.253 e. The average Bonchev–Trinajstić information content (AvgIpc) is 2.49. The number of aromatic hydroxyl groups is 1. The Hall–Kier alpha value is -2.56. The molecule has 0 aromatic heterocycles. The second-order valence-electron chi connectivity index (χ2n) is 4.67. The normalized spacial score (nSPS) is 10.2. The number of nitrogens with zero attached hydrogens (tertiary/aromatic N) is 1. The monoisotopic (exact) mass is 289 g/mol. The van der Waals surface area contributed by atoms with Gasteiger partial charge < -0.3 is 14.7 Å². The number of carbonyl (C=O) groups is 1. The van der Waals surface area contributed by atoms with Gasteiger partial charge in [-0.3, -0.25) is 4.79 Å². The predicted octanol–water partition coefficient (Wildman–Crippen LogP) is 2.81. The van der Waals surface area contributed by atoms with Gasteiger partial charge in [0.2, 0.25) is 0 Å². The molecule has 0 aliphatic heterocycles. The molecule has 1 N–H and O–H groups in total. The first-order valence-electron chi connectivity index (χ1n) is 6.38. The third kappa shape index (κ3) is 3.51. The maximum atomic E-state index is 12.9. The largest absolute Gasteiger partial charge is 0.504 e. The molecule has 21 heavy (non-hydrogen) atoms. The molecule has 2 aromatic rings. The lowest BCUT2D eigenvalue weighted by atomic mass is 10.1. The highest BCUT2D eigenvalue weighted by Gasteiger charge is 2.13. The van der Waals surface area contributed by atoms with Gasteiger partial charge in [0.05, 0.1) is 7.11 Å². The fourth-order valence-corrected chi connectivity index (χ4v) is 1.98. The molecule has 110 valence electrons. The molecule has 0 atom stereocenters. The molecular formula is C16H16FNO3. The van der Waals surface area contributed by atoms with E-state index >= 15 is 0 Å². The summed E-state index contributed by atoms with van der Waals surface area (Å²) in [6.07, 6.45) is 0. The fraction of sp³-hybridized carbons (Fsp3) is 0.188. The first kappa shape index (κ1) is 14.8. The Morgan fingerprint density at radius 2 is 1.90 bits per heavy atom. The van der Waals surface area contributed by atoms with E-state index in [2.05, 4.69) is 0 Å². The first-order valence-corrected chi connectivity index (χ1v) is 6.38. The lowest BCUT2D eigenvalue weighted by Gasteiger charge is -2.18. The summed E-state index contributed by atoms with van der Waals surface area (Å²) in [6, 6.07) is 10.3. The molecule has 2 rings (SSSR count). The van der Waals surface area contributed by atoms with E-state index in [0.717, 1.165) is 5.56 Å². The highest BCUT2D eigenvalue weighted by Crippen LogP contribution is 2.26.